The van der Waals surface area contributed by atoms with Crippen molar-refractivity contribution in [3.05, 3.63) is 0 Å². The van der Waals surface area contributed by atoms with Gasteiger partial charge in [-0.05, 0) is 0 Å². The predicted octanol–water partition coefficient (Wildman–Crippen LogP) is -1.30. The summed E-state index contributed by atoms with van der Waals surface area (Å²) in [6.45, 7) is 0. The number of rotatable bonds is 4. The fourth-order valence-electron chi connectivity index (χ4n) is 0.139. The van der Waals surface area contributed by atoms with E-state index in [4.69, 9.17) is 4.52 Å². The molecule has 0 aliphatic rings. The molecule has 0 aliphatic heterocycles. The molecule has 0 aromatic heterocycles. The summed E-state index contributed by atoms with van der Waals surface area (Å²) in [6.07, 6.45) is 0. The number of halogens is 3. The molecule has 0 saturated carbocycles. The van der Waals surface area contributed by atoms with E-state index in [1.165, 1.54) is 0 Å². The first-order valence-electron chi connectivity index (χ1n) is 1.90. The Morgan fingerprint density at radius 1 is 1.67 bits per heavy atom. The fraction of sp³-hybridized carbons (Fsp3) is 1.00. The van der Waals surface area contributed by atoms with Gasteiger partial charge in [-0.1, -0.05) is 0 Å². The van der Waals surface area contributed by atoms with Crippen molar-refractivity contribution in [1.82, 2.24) is 5.09 Å². The standard InChI is InChI=1S/C2H7I3NOP2/c3-2(4,6-8)5-1-7-9/h6H,1,8-9H2/q-1. The summed E-state index contributed by atoms with van der Waals surface area (Å²) in [5, 5.41) is 3.13. The molecule has 0 aromatic rings. The van der Waals surface area contributed by atoms with Crippen LogP contribution in [0, 0.1) is 0 Å². The van der Waals surface area contributed by atoms with Crippen LogP contribution in [0.15, 0.2) is 0 Å². The number of alkyl halides is 4. The second kappa shape index (κ2) is 6.48. The average Bonchev–Trinajstić information content (AvgIpc) is 1.84. The Balaban J connectivity index is 3.33. The molecule has 7 heteroatoms. The molecular formula is C2H7I3NOP2-. The van der Waals surface area contributed by atoms with E-state index in [0.717, 1.165) is 4.61 Å². The molecule has 0 saturated heterocycles. The third-order valence-electron chi connectivity index (χ3n) is 0.449. The zero-order valence-electron chi connectivity index (χ0n) is 4.40. The Hall–Kier alpha value is 2.97. The Labute approximate surface area is 97.5 Å². The number of hydrogen-bond acceptors (Lipinski definition) is 2. The monoisotopic (exact) mass is 504 g/mol. The van der Waals surface area contributed by atoms with E-state index >= 15 is 0 Å². The maximum atomic E-state index is 4.89. The molecule has 0 aliphatic carbocycles. The second-order valence-electron chi connectivity index (χ2n) is 1.05. The molecule has 0 fully saturated rings. The molecule has 0 amide bonds. The summed E-state index contributed by atoms with van der Waals surface area (Å²) in [6, 6.07) is 0. The Morgan fingerprint density at radius 3 is 2.56 bits per heavy atom. The normalized spacial score (nSPS) is 12.4. The molecule has 2 unspecified atom stereocenters. The van der Waals surface area contributed by atoms with E-state index in [1.54, 1.807) is 0 Å². The van der Waals surface area contributed by atoms with Gasteiger partial charge in [-0.2, -0.15) is 0 Å². The van der Waals surface area contributed by atoms with Crippen LogP contribution in [0.2, 0.25) is 0 Å². The minimum atomic E-state index is 0.0767. The molecule has 58 valence electrons. The summed E-state index contributed by atoms with van der Waals surface area (Å²) < 4.78 is 5.98. The summed E-state index contributed by atoms with van der Waals surface area (Å²) >= 11 is 4.83. The molecule has 2 atom stereocenters. The van der Waals surface area contributed by atoms with Gasteiger partial charge in [0.25, 0.3) is 0 Å². The van der Waals surface area contributed by atoms with E-state index in [2.05, 4.69) is 69.1 Å². The van der Waals surface area contributed by atoms with Crippen molar-refractivity contribution in [1.29, 1.82) is 0 Å². The van der Waals surface area contributed by atoms with Gasteiger partial charge in [0.1, 0.15) is 0 Å². The van der Waals surface area contributed by atoms with E-state index in [9.17, 15) is 0 Å². The molecule has 0 aromatic carbocycles. The zero-order valence-corrected chi connectivity index (χ0v) is 13.2. The Kier molecular flexibility index (Phi) is 8.62. The van der Waals surface area contributed by atoms with Crippen LogP contribution in [0.5, 0.6) is 0 Å². The van der Waals surface area contributed by atoms with Crippen LogP contribution >= 0.6 is 64.0 Å². The van der Waals surface area contributed by atoms with Crippen molar-refractivity contribution >= 4 is 64.0 Å². The molecule has 0 rings (SSSR count). The number of nitrogens with one attached hydrogen (secondary N) is 1. The van der Waals surface area contributed by atoms with Crippen LogP contribution < -0.4 is 26.3 Å². The van der Waals surface area contributed by atoms with Crippen LogP contribution in [0.4, 0.5) is 0 Å². The van der Waals surface area contributed by atoms with Crippen LogP contribution in [0.1, 0.15) is 0 Å². The van der Waals surface area contributed by atoms with Gasteiger partial charge in [-0.3, -0.25) is 0 Å². The van der Waals surface area contributed by atoms with Gasteiger partial charge < -0.3 is 0 Å². The van der Waals surface area contributed by atoms with Gasteiger partial charge in [0.15, 0.2) is 0 Å². The third-order valence-corrected chi connectivity index (χ3v) is 9.92. The first-order chi connectivity index (χ1) is 4.12. The van der Waals surface area contributed by atoms with Crippen molar-refractivity contribution in [3.63, 3.8) is 0 Å². The first kappa shape index (κ1) is 12.0. The van der Waals surface area contributed by atoms with Gasteiger partial charge in [0.05, 0.1) is 0 Å². The third kappa shape index (κ3) is 7.33. The van der Waals surface area contributed by atoms with Crippen molar-refractivity contribution in [2.75, 3.05) is 4.61 Å². The van der Waals surface area contributed by atoms with Crippen LogP contribution in [-0.2, 0) is 4.52 Å². The summed E-state index contributed by atoms with van der Waals surface area (Å²) in [4.78, 5) is 0. The molecule has 2 nitrogen and oxygen atoms in total. The van der Waals surface area contributed by atoms with Gasteiger partial charge in [-0.15, -0.1) is 0 Å². The van der Waals surface area contributed by atoms with Crippen molar-refractivity contribution in [2.24, 2.45) is 0 Å². The fourth-order valence-corrected chi connectivity index (χ4v) is 3.45. The molecule has 0 spiro atoms. The molecule has 1 N–H and O–H groups in total. The molecule has 0 heterocycles. The van der Waals surface area contributed by atoms with Crippen LogP contribution in [0.3, 0.4) is 0 Å². The average molecular weight is 504 g/mol. The topological polar surface area (TPSA) is 21.3 Å². The Morgan fingerprint density at radius 2 is 2.22 bits per heavy atom. The van der Waals surface area contributed by atoms with Crippen LogP contribution in [-0.4, -0.2) is 4.17 Å². The van der Waals surface area contributed by atoms with E-state index < -0.39 is 0 Å². The van der Waals surface area contributed by atoms with Crippen molar-refractivity contribution < 1.29 is 25.7 Å². The quantitative estimate of drug-likeness (QED) is 0.223. The van der Waals surface area contributed by atoms with Gasteiger partial charge in [-0.25, -0.2) is 0 Å². The SMILES string of the molecule is PNC(I)(I)[I-]COP. The molecular weight excluding hydrogens is 497 g/mol. The van der Waals surface area contributed by atoms with E-state index in [1.807, 2.05) is 0 Å². The zero-order chi connectivity index (χ0) is 7.33. The van der Waals surface area contributed by atoms with Gasteiger partial charge >= 0.3 is 99.0 Å². The van der Waals surface area contributed by atoms with Crippen LogP contribution in [0.25, 0.3) is 0 Å². The number of hydrogen-bond donors (Lipinski definition) is 1. The van der Waals surface area contributed by atoms with E-state index in [0.29, 0.717) is 0 Å². The summed E-state index contributed by atoms with van der Waals surface area (Å²) in [5.41, 5.74) is 0. The second-order valence-corrected chi connectivity index (χ2v) is 14.1. The van der Waals surface area contributed by atoms with Crippen molar-refractivity contribution in [2.45, 2.75) is -0.441 Å². The maximum absolute atomic E-state index is 4.89. The molecule has 0 bridgehead atoms. The Bertz CT molecular complexity index is 82.2. The first-order valence-corrected chi connectivity index (χ1v) is 7.71. The van der Waals surface area contributed by atoms with E-state index in [-0.39, 0.29) is 20.8 Å². The van der Waals surface area contributed by atoms with Gasteiger partial charge in [0, 0.05) is 0 Å². The predicted molar refractivity (Wildman–Crippen MR) is 59.3 cm³/mol. The molecule has 0 radical (unpaired) electrons. The summed E-state index contributed by atoms with van der Waals surface area (Å²) in [5.74, 6) is 0. The minimum absolute atomic E-state index is 0.0767. The van der Waals surface area contributed by atoms with Gasteiger partial charge in [0.2, 0.25) is 0 Å². The molecule has 9 heavy (non-hydrogen) atoms. The van der Waals surface area contributed by atoms with Crippen molar-refractivity contribution in [3.8, 4) is 0 Å². The summed E-state index contributed by atoms with van der Waals surface area (Å²) in [7, 11) is 4.78.